The van der Waals surface area contributed by atoms with Gasteiger partial charge in [-0.25, -0.2) is 0 Å². The molecule has 0 aromatic heterocycles. The van der Waals surface area contributed by atoms with Crippen molar-refractivity contribution in [3.8, 4) is 0 Å². The molecule has 0 saturated heterocycles. The van der Waals surface area contributed by atoms with Crippen molar-refractivity contribution in [1.82, 2.24) is 0 Å². The van der Waals surface area contributed by atoms with Crippen molar-refractivity contribution in [2.45, 2.75) is 85.5 Å². The summed E-state index contributed by atoms with van der Waals surface area (Å²) in [6.45, 7) is 18.2. The van der Waals surface area contributed by atoms with Gasteiger partial charge in [-0.05, 0) is 17.8 Å². The van der Waals surface area contributed by atoms with Crippen LogP contribution in [0.25, 0.3) is 0 Å². The Morgan fingerprint density at radius 2 is 1.67 bits per heavy atom. The van der Waals surface area contributed by atoms with E-state index in [1.54, 1.807) is 0 Å². The predicted molar refractivity (Wildman–Crippen MR) is 84.9 cm³/mol. The standard InChI is InChI=1S/C16H34OSi/c1-9-14(17)15(12-13(2)3)18(7,8)11-10-16(4,5)6/h13,15H,9-12H2,1-8H3/t15-/m0/s1. The summed E-state index contributed by atoms with van der Waals surface area (Å²) in [5.74, 6) is 1.14. The van der Waals surface area contributed by atoms with Gasteiger partial charge in [0.15, 0.2) is 0 Å². The molecule has 0 fully saturated rings. The van der Waals surface area contributed by atoms with E-state index < -0.39 is 8.07 Å². The van der Waals surface area contributed by atoms with E-state index in [1.165, 1.54) is 12.5 Å². The monoisotopic (exact) mass is 270 g/mol. The Labute approximate surface area is 116 Å². The van der Waals surface area contributed by atoms with Gasteiger partial charge in [0, 0.05) is 12.0 Å². The van der Waals surface area contributed by atoms with Crippen molar-refractivity contribution >= 4 is 13.9 Å². The molecule has 0 aromatic rings. The zero-order valence-electron chi connectivity index (χ0n) is 13.9. The van der Waals surface area contributed by atoms with E-state index in [0.29, 0.717) is 29.1 Å². The molecule has 0 amide bonds. The summed E-state index contributed by atoms with van der Waals surface area (Å²) in [6, 6.07) is 1.28. The van der Waals surface area contributed by atoms with Crippen LogP contribution in [0, 0.1) is 11.3 Å². The molecule has 0 heterocycles. The third kappa shape index (κ3) is 6.72. The summed E-state index contributed by atoms with van der Waals surface area (Å²) >= 11 is 0. The molecule has 0 rings (SSSR count). The molecule has 0 saturated carbocycles. The molecule has 0 unspecified atom stereocenters. The van der Waals surface area contributed by atoms with Crippen LogP contribution in [0.1, 0.15) is 60.8 Å². The van der Waals surface area contributed by atoms with E-state index in [-0.39, 0.29) is 0 Å². The molecule has 1 atom stereocenters. The van der Waals surface area contributed by atoms with Gasteiger partial charge < -0.3 is 0 Å². The lowest BCUT2D eigenvalue weighted by Crippen LogP contribution is -2.38. The van der Waals surface area contributed by atoms with Gasteiger partial charge in [-0.2, -0.15) is 0 Å². The lowest BCUT2D eigenvalue weighted by Gasteiger charge is -2.35. The Hall–Kier alpha value is -0.113. The Morgan fingerprint density at radius 3 is 2.00 bits per heavy atom. The second-order valence-electron chi connectivity index (χ2n) is 8.05. The molecular formula is C16H34OSi. The number of rotatable bonds is 7. The average molecular weight is 271 g/mol. The smallest absolute Gasteiger partial charge is 0.133 e. The molecule has 18 heavy (non-hydrogen) atoms. The van der Waals surface area contributed by atoms with Crippen LogP contribution in [0.4, 0.5) is 0 Å². The molecule has 0 N–H and O–H groups in total. The fourth-order valence-corrected chi connectivity index (χ4v) is 6.40. The van der Waals surface area contributed by atoms with Gasteiger partial charge in [0.1, 0.15) is 5.78 Å². The van der Waals surface area contributed by atoms with Gasteiger partial charge in [-0.15, -0.1) is 0 Å². The van der Waals surface area contributed by atoms with Gasteiger partial charge >= 0.3 is 0 Å². The van der Waals surface area contributed by atoms with Crippen molar-refractivity contribution in [3.63, 3.8) is 0 Å². The molecule has 108 valence electrons. The third-order valence-corrected chi connectivity index (χ3v) is 7.89. The summed E-state index contributed by atoms with van der Waals surface area (Å²) < 4.78 is 0. The highest BCUT2D eigenvalue weighted by Crippen LogP contribution is 2.37. The van der Waals surface area contributed by atoms with E-state index in [4.69, 9.17) is 0 Å². The minimum atomic E-state index is -1.44. The Bertz CT molecular complexity index is 261. The zero-order chi connectivity index (χ0) is 14.6. The van der Waals surface area contributed by atoms with Crippen LogP contribution in [0.5, 0.6) is 0 Å². The van der Waals surface area contributed by atoms with Crippen molar-refractivity contribution in [1.29, 1.82) is 0 Å². The summed E-state index contributed by atoms with van der Waals surface area (Å²) in [5.41, 5.74) is 0.756. The highest BCUT2D eigenvalue weighted by molar-refractivity contribution is 6.81. The molecule has 0 aromatic carbocycles. The highest BCUT2D eigenvalue weighted by atomic mass is 28.3. The maximum atomic E-state index is 12.3. The van der Waals surface area contributed by atoms with Crippen molar-refractivity contribution in [2.24, 2.45) is 11.3 Å². The first-order valence-electron chi connectivity index (χ1n) is 7.52. The van der Waals surface area contributed by atoms with E-state index in [9.17, 15) is 4.79 Å². The molecular weight excluding hydrogens is 236 g/mol. The fraction of sp³-hybridized carbons (Fsp3) is 0.938. The predicted octanol–water partition coefficient (Wildman–Crippen LogP) is 5.53. The summed E-state index contributed by atoms with van der Waals surface area (Å²) in [4.78, 5) is 12.3. The Balaban J connectivity index is 4.79. The maximum Gasteiger partial charge on any atom is 0.133 e. The van der Waals surface area contributed by atoms with Gasteiger partial charge in [-0.3, -0.25) is 4.79 Å². The minimum absolute atomic E-state index is 0.366. The first-order valence-corrected chi connectivity index (χ1v) is 10.8. The van der Waals surface area contributed by atoms with Crippen LogP contribution in [0.2, 0.25) is 24.7 Å². The number of hydrogen-bond donors (Lipinski definition) is 0. The van der Waals surface area contributed by atoms with Gasteiger partial charge in [0.25, 0.3) is 0 Å². The molecule has 0 spiro atoms. The molecule has 0 aliphatic rings. The normalized spacial score (nSPS) is 14.9. The molecule has 0 bridgehead atoms. The van der Waals surface area contributed by atoms with E-state index >= 15 is 0 Å². The molecule has 1 nitrogen and oxygen atoms in total. The topological polar surface area (TPSA) is 17.1 Å². The van der Waals surface area contributed by atoms with Crippen LogP contribution in [0.3, 0.4) is 0 Å². The molecule has 0 aliphatic heterocycles. The summed E-state index contributed by atoms with van der Waals surface area (Å²) in [5, 5.41) is 0. The summed E-state index contributed by atoms with van der Waals surface area (Å²) in [7, 11) is -1.44. The lowest BCUT2D eigenvalue weighted by atomic mass is 9.94. The van der Waals surface area contributed by atoms with Crippen LogP contribution in [-0.2, 0) is 4.79 Å². The first kappa shape index (κ1) is 17.9. The van der Waals surface area contributed by atoms with E-state index in [1.807, 2.05) is 6.92 Å². The van der Waals surface area contributed by atoms with Gasteiger partial charge in [-0.1, -0.05) is 67.1 Å². The van der Waals surface area contributed by atoms with Crippen molar-refractivity contribution in [2.75, 3.05) is 0 Å². The first-order chi connectivity index (χ1) is 7.99. The zero-order valence-corrected chi connectivity index (χ0v) is 14.9. The van der Waals surface area contributed by atoms with Gasteiger partial charge in [0.2, 0.25) is 0 Å². The molecule has 0 aliphatic carbocycles. The Kier molecular flexibility index (Phi) is 6.84. The number of ketones is 1. The lowest BCUT2D eigenvalue weighted by molar-refractivity contribution is -0.119. The van der Waals surface area contributed by atoms with Crippen LogP contribution in [0.15, 0.2) is 0 Å². The largest absolute Gasteiger partial charge is 0.300 e. The SMILES string of the molecule is CCC(=O)[C@H](CC(C)C)[Si](C)(C)CCC(C)(C)C. The van der Waals surface area contributed by atoms with Crippen molar-refractivity contribution in [3.05, 3.63) is 0 Å². The highest BCUT2D eigenvalue weighted by Gasteiger charge is 2.36. The Morgan fingerprint density at radius 1 is 1.17 bits per heavy atom. The molecule has 2 heteroatoms. The van der Waals surface area contributed by atoms with E-state index in [0.717, 1.165) is 6.42 Å². The quantitative estimate of drug-likeness (QED) is 0.556. The van der Waals surface area contributed by atoms with Gasteiger partial charge in [0.05, 0.1) is 8.07 Å². The number of hydrogen-bond acceptors (Lipinski definition) is 1. The van der Waals surface area contributed by atoms with E-state index in [2.05, 4.69) is 47.7 Å². The summed E-state index contributed by atoms with van der Waals surface area (Å²) in [6.07, 6.45) is 3.05. The number of carbonyl (C=O) groups is 1. The third-order valence-electron chi connectivity index (χ3n) is 3.91. The van der Waals surface area contributed by atoms with Crippen molar-refractivity contribution < 1.29 is 4.79 Å². The van der Waals surface area contributed by atoms with Crippen LogP contribution < -0.4 is 0 Å². The second kappa shape index (κ2) is 6.88. The fourth-order valence-electron chi connectivity index (χ4n) is 2.48. The van der Waals surface area contributed by atoms with Crippen LogP contribution in [-0.4, -0.2) is 13.9 Å². The van der Waals surface area contributed by atoms with Crippen LogP contribution >= 0.6 is 0 Å². The maximum absolute atomic E-state index is 12.3. The molecule has 0 radical (unpaired) electrons. The minimum Gasteiger partial charge on any atom is -0.300 e. The number of Topliss-reactive ketones (excluding diaryl/α,β-unsaturated/α-hetero) is 1. The average Bonchev–Trinajstić information content (AvgIpc) is 2.21. The number of carbonyl (C=O) groups excluding carboxylic acids is 1. The second-order valence-corrected chi connectivity index (χ2v) is 13.2.